The molecule has 0 amide bonds. The second-order valence-electron chi connectivity index (χ2n) is 10.3. The highest BCUT2D eigenvalue weighted by molar-refractivity contribution is 5.62. The fourth-order valence-corrected chi connectivity index (χ4v) is 5.62. The monoisotopic (exact) mass is 569 g/mol. The molecule has 0 radical (unpaired) electrons. The molecule has 7 nitrogen and oxygen atoms in total. The van der Waals surface area contributed by atoms with Crippen LogP contribution in [0.2, 0.25) is 0 Å². The Morgan fingerprint density at radius 1 is 0.829 bits per heavy atom. The first-order valence-corrected chi connectivity index (χ1v) is 14.1. The summed E-state index contributed by atoms with van der Waals surface area (Å²) in [4.78, 5) is 2.35. The third kappa shape index (κ3) is 8.09. The van der Waals surface area contributed by atoms with Gasteiger partial charge in [0.2, 0.25) is 5.75 Å². The van der Waals surface area contributed by atoms with E-state index in [9.17, 15) is 13.9 Å². The number of hydrogen-bond acceptors (Lipinski definition) is 7. The van der Waals surface area contributed by atoms with E-state index in [1.165, 1.54) is 24.3 Å². The van der Waals surface area contributed by atoms with Gasteiger partial charge in [-0.2, -0.15) is 0 Å². The van der Waals surface area contributed by atoms with Crippen molar-refractivity contribution in [2.45, 2.75) is 37.3 Å². The molecule has 2 unspecified atom stereocenters. The van der Waals surface area contributed by atoms with Gasteiger partial charge in [-0.1, -0.05) is 30.7 Å². The first kappa shape index (κ1) is 30.6. The maximum atomic E-state index is 13.7. The molecule has 1 fully saturated rings. The molecule has 0 saturated carbocycles. The van der Waals surface area contributed by atoms with Gasteiger partial charge in [0.15, 0.2) is 11.5 Å². The number of ether oxygens (including phenoxy) is 3. The minimum Gasteiger partial charge on any atom is -0.493 e. The number of aliphatic hydroxyl groups is 1. The molecule has 9 heteroatoms. The zero-order chi connectivity index (χ0) is 29.2. The molecule has 1 heterocycles. The largest absolute Gasteiger partial charge is 0.493 e. The number of nitrogens with one attached hydrogen (secondary N) is 2. The highest BCUT2D eigenvalue weighted by atomic mass is 19.1. The minimum atomic E-state index is -0.637. The van der Waals surface area contributed by atoms with E-state index in [1.54, 1.807) is 45.6 Å². The van der Waals surface area contributed by atoms with Gasteiger partial charge in [0, 0.05) is 62.5 Å². The van der Waals surface area contributed by atoms with Gasteiger partial charge in [0.05, 0.1) is 27.4 Å². The Kier molecular flexibility index (Phi) is 11.2. The first-order valence-electron chi connectivity index (χ1n) is 14.1. The lowest BCUT2D eigenvalue weighted by Crippen LogP contribution is -2.53. The van der Waals surface area contributed by atoms with Crippen LogP contribution in [0.1, 0.15) is 36.3 Å². The van der Waals surface area contributed by atoms with Crippen molar-refractivity contribution in [3.63, 3.8) is 0 Å². The van der Waals surface area contributed by atoms with Crippen molar-refractivity contribution in [1.82, 2.24) is 10.2 Å². The van der Waals surface area contributed by atoms with E-state index < -0.39 is 6.10 Å². The number of hydrogen-bond donors (Lipinski definition) is 3. The van der Waals surface area contributed by atoms with Crippen molar-refractivity contribution >= 4 is 5.69 Å². The van der Waals surface area contributed by atoms with Gasteiger partial charge in [0.25, 0.3) is 0 Å². The van der Waals surface area contributed by atoms with Gasteiger partial charge in [-0.3, -0.25) is 4.90 Å². The van der Waals surface area contributed by atoms with E-state index in [2.05, 4.69) is 15.5 Å². The summed E-state index contributed by atoms with van der Waals surface area (Å²) in [6.45, 7) is 3.79. The van der Waals surface area contributed by atoms with Crippen molar-refractivity contribution < 1.29 is 28.1 Å². The number of benzene rings is 3. The molecule has 0 aromatic heterocycles. The number of rotatable bonds is 14. The number of piperazine rings is 1. The van der Waals surface area contributed by atoms with E-state index in [0.717, 1.165) is 62.3 Å². The van der Waals surface area contributed by atoms with Crippen LogP contribution >= 0.6 is 0 Å². The maximum absolute atomic E-state index is 13.7. The van der Waals surface area contributed by atoms with Gasteiger partial charge in [-0.05, 0) is 48.2 Å². The van der Waals surface area contributed by atoms with E-state index in [1.807, 2.05) is 12.1 Å². The zero-order valence-electron chi connectivity index (χ0n) is 24.0. The summed E-state index contributed by atoms with van der Waals surface area (Å²) < 4.78 is 43.7. The Morgan fingerprint density at radius 2 is 1.37 bits per heavy atom. The normalized spacial score (nSPS) is 15.4. The number of methoxy groups -OCH3 is 3. The minimum absolute atomic E-state index is 0.00521. The quantitative estimate of drug-likeness (QED) is 0.251. The molecule has 0 aliphatic carbocycles. The molecule has 1 saturated heterocycles. The third-order valence-electron chi connectivity index (χ3n) is 7.78. The van der Waals surface area contributed by atoms with Gasteiger partial charge in [-0.25, -0.2) is 8.78 Å². The topological polar surface area (TPSA) is 75.2 Å². The van der Waals surface area contributed by atoms with Crippen molar-refractivity contribution in [3.8, 4) is 17.2 Å². The summed E-state index contributed by atoms with van der Waals surface area (Å²) in [6.07, 6.45) is 1.75. The summed E-state index contributed by atoms with van der Waals surface area (Å²) in [5.74, 6) is 1.01. The highest BCUT2D eigenvalue weighted by Gasteiger charge is 2.28. The van der Waals surface area contributed by atoms with E-state index >= 15 is 0 Å². The molecule has 1 aliphatic heterocycles. The molecule has 2 atom stereocenters. The number of nitrogens with zero attached hydrogens (tertiary/aromatic N) is 1. The molecule has 3 aromatic carbocycles. The van der Waals surface area contributed by atoms with Crippen LogP contribution in [0.4, 0.5) is 14.5 Å². The van der Waals surface area contributed by atoms with Crippen LogP contribution in [0.25, 0.3) is 0 Å². The SMILES string of the molecule is COc1cc(NCC(O)C(CCCC(c2ccc(F)cc2)c2ccc(F)cc2)N2CCNCC2)cc(OC)c1OC. The van der Waals surface area contributed by atoms with Crippen LogP contribution in [0.3, 0.4) is 0 Å². The Balaban J connectivity index is 1.47. The summed E-state index contributed by atoms with van der Waals surface area (Å²) in [6, 6.07) is 16.6. The summed E-state index contributed by atoms with van der Waals surface area (Å²) in [5, 5.41) is 18.2. The van der Waals surface area contributed by atoms with Crippen molar-refractivity contribution in [2.24, 2.45) is 0 Å². The lowest BCUT2D eigenvalue weighted by molar-refractivity contribution is 0.0433. The Hall–Kier alpha value is -3.40. The van der Waals surface area contributed by atoms with Crippen LogP contribution in [-0.4, -0.2) is 76.2 Å². The number of aliphatic hydroxyl groups excluding tert-OH is 1. The third-order valence-corrected chi connectivity index (χ3v) is 7.78. The Labute approximate surface area is 241 Å². The molecular formula is C32H41F2N3O4. The summed E-state index contributed by atoms with van der Waals surface area (Å²) in [7, 11) is 4.70. The fourth-order valence-electron chi connectivity index (χ4n) is 5.62. The summed E-state index contributed by atoms with van der Waals surface area (Å²) >= 11 is 0. The molecule has 0 bridgehead atoms. The Morgan fingerprint density at radius 3 is 1.85 bits per heavy atom. The molecule has 4 rings (SSSR count). The lowest BCUT2D eigenvalue weighted by Gasteiger charge is -2.38. The van der Waals surface area contributed by atoms with E-state index in [0.29, 0.717) is 23.8 Å². The highest BCUT2D eigenvalue weighted by Crippen LogP contribution is 2.40. The van der Waals surface area contributed by atoms with Crippen LogP contribution in [0.15, 0.2) is 60.7 Å². The molecule has 1 aliphatic rings. The second-order valence-corrected chi connectivity index (χ2v) is 10.3. The Bertz CT molecular complexity index is 1150. The van der Waals surface area contributed by atoms with Crippen LogP contribution in [0.5, 0.6) is 17.2 Å². The molecule has 0 spiro atoms. The van der Waals surface area contributed by atoms with E-state index in [-0.39, 0.29) is 23.6 Å². The van der Waals surface area contributed by atoms with Crippen molar-refractivity contribution in [2.75, 3.05) is 59.4 Å². The number of anilines is 1. The van der Waals surface area contributed by atoms with E-state index in [4.69, 9.17) is 14.2 Å². The lowest BCUT2D eigenvalue weighted by atomic mass is 9.86. The fraction of sp³-hybridized carbons (Fsp3) is 0.438. The van der Waals surface area contributed by atoms with Crippen molar-refractivity contribution in [3.05, 3.63) is 83.4 Å². The smallest absolute Gasteiger partial charge is 0.203 e. The predicted octanol–water partition coefficient (Wildman–Crippen LogP) is 5.04. The first-order chi connectivity index (χ1) is 19.9. The molecule has 41 heavy (non-hydrogen) atoms. The zero-order valence-corrected chi connectivity index (χ0v) is 24.0. The summed E-state index contributed by atoms with van der Waals surface area (Å²) in [5.41, 5.74) is 2.73. The van der Waals surface area contributed by atoms with Crippen LogP contribution in [-0.2, 0) is 0 Å². The van der Waals surface area contributed by atoms with Crippen molar-refractivity contribution in [1.29, 1.82) is 0 Å². The molecule has 3 aromatic rings. The average Bonchev–Trinajstić information content (AvgIpc) is 3.01. The van der Waals surface area contributed by atoms with Gasteiger partial charge in [0.1, 0.15) is 11.6 Å². The molecule has 222 valence electrons. The maximum Gasteiger partial charge on any atom is 0.203 e. The average molecular weight is 570 g/mol. The molecular weight excluding hydrogens is 528 g/mol. The standard InChI is InChI=1S/C32H41F2N3O4/c1-39-30-19-26(20-31(40-2)32(30)41-3)36-21-29(38)28(37-17-15-35-16-18-37)6-4-5-27(22-7-11-24(33)12-8-22)23-9-13-25(34)14-10-23/h7-14,19-20,27-29,35-36,38H,4-6,15-18,21H2,1-3H3. The number of halogens is 2. The predicted molar refractivity (Wildman–Crippen MR) is 157 cm³/mol. The van der Waals surface area contributed by atoms with Crippen LogP contribution in [0, 0.1) is 11.6 Å². The van der Waals surface area contributed by atoms with Gasteiger partial charge in [-0.15, -0.1) is 0 Å². The van der Waals surface area contributed by atoms with Gasteiger partial charge >= 0.3 is 0 Å². The second kappa shape index (κ2) is 15.0. The van der Waals surface area contributed by atoms with Gasteiger partial charge < -0.3 is 30.0 Å². The molecule has 3 N–H and O–H groups in total. The van der Waals surface area contributed by atoms with Crippen LogP contribution < -0.4 is 24.8 Å².